The van der Waals surface area contributed by atoms with Crippen LogP contribution in [0.15, 0.2) is 24.3 Å². The molecule has 1 N–H and O–H groups in total. The van der Waals surface area contributed by atoms with Crippen molar-refractivity contribution in [3.63, 3.8) is 0 Å². The highest BCUT2D eigenvalue weighted by molar-refractivity contribution is 7.88. The average Bonchev–Trinajstić information content (AvgIpc) is 2.93. The average molecular weight is 327 g/mol. The Morgan fingerprint density at radius 2 is 2.23 bits per heavy atom. The minimum atomic E-state index is -3.18. The van der Waals surface area contributed by atoms with Gasteiger partial charge in [-0.2, -0.15) is 4.31 Å². The summed E-state index contributed by atoms with van der Waals surface area (Å²) < 4.78 is 24.9. The van der Waals surface area contributed by atoms with Crippen LogP contribution in [0.5, 0.6) is 0 Å². The molecule has 7 nitrogen and oxygen atoms in total. The molecular weight excluding hydrogens is 306 g/mol. The van der Waals surface area contributed by atoms with Gasteiger partial charge in [0.05, 0.1) is 11.2 Å². The largest absolute Gasteiger partial charge is 0.309 e. The van der Waals surface area contributed by atoms with Gasteiger partial charge in [-0.1, -0.05) is 12.1 Å². The molecule has 1 saturated heterocycles. The van der Waals surface area contributed by atoms with E-state index in [1.165, 1.54) is 16.6 Å². The quantitative estimate of drug-likeness (QED) is 0.634. The Balaban J connectivity index is 1.99. The summed E-state index contributed by atoms with van der Waals surface area (Å²) in [6, 6.07) is 6.36. The van der Waals surface area contributed by atoms with Crippen LogP contribution in [0, 0.1) is 10.1 Å². The fourth-order valence-corrected chi connectivity index (χ4v) is 3.97. The van der Waals surface area contributed by atoms with Crippen molar-refractivity contribution in [2.45, 2.75) is 31.8 Å². The number of sulfonamides is 1. The SMILES string of the molecule is C[C@@H](NC[C@H]1CCCN1S(C)(=O)=O)c1cccc([N+](=O)[O-])c1. The molecule has 0 spiro atoms. The highest BCUT2D eigenvalue weighted by Gasteiger charge is 2.31. The maximum absolute atomic E-state index is 11.7. The van der Waals surface area contributed by atoms with Crippen LogP contribution in [0.4, 0.5) is 5.69 Å². The monoisotopic (exact) mass is 327 g/mol. The number of benzene rings is 1. The summed E-state index contributed by atoms with van der Waals surface area (Å²) in [7, 11) is -3.18. The van der Waals surface area contributed by atoms with E-state index in [0.717, 1.165) is 18.4 Å². The minimum Gasteiger partial charge on any atom is -0.309 e. The van der Waals surface area contributed by atoms with Crippen LogP contribution in [0.3, 0.4) is 0 Å². The molecule has 0 aromatic heterocycles. The van der Waals surface area contributed by atoms with Crippen molar-refractivity contribution < 1.29 is 13.3 Å². The maximum Gasteiger partial charge on any atom is 0.269 e. The smallest absolute Gasteiger partial charge is 0.269 e. The van der Waals surface area contributed by atoms with Crippen LogP contribution >= 0.6 is 0 Å². The zero-order valence-electron chi connectivity index (χ0n) is 12.7. The molecule has 1 aromatic rings. The van der Waals surface area contributed by atoms with Crippen LogP contribution in [0.25, 0.3) is 0 Å². The number of nitrogens with zero attached hydrogens (tertiary/aromatic N) is 2. The molecule has 1 aliphatic heterocycles. The third kappa shape index (κ3) is 4.02. The number of nitro benzene ring substituents is 1. The molecule has 122 valence electrons. The lowest BCUT2D eigenvalue weighted by atomic mass is 10.1. The Hall–Kier alpha value is -1.51. The van der Waals surface area contributed by atoms with E-state index in [0.29, 0.717) is 13.1 Å². The zero-order valence-corrected chi connectivity index (χ0v) is 13.5. The lowest BCUT2D eigenvalue weighted by Crippen LogP contribution is -2.41. The predicted octanol–water partition coefficient (Wildman–Crippen LogP) is 1.67. The van der Waals surface area contributed by atoms with E-state index in [1.807, 2.05) is 13.0 Å². The minimum absolute atomic E-state index is 0.0452. The predicted molar refractivity (Wildman–Crippen MR) is 84.1 cm³/mol. The van der Waals surface area contributed by atoms with Gasteiger partial charge >= 0.3 is 0 Å². The van der Waals surface area contributed by atoms with Gasteiger partial charge < -0.3 is 5.32 Å². The van der Waals surface area contributed by atoms with Crippen LogP contribution in [-0.4, -0.2) is 43.0 Å². The third-order valence-electron chi connectivity index (χ3n) is 3.99. The molecule has 1 aliphatic rings. The molecule has 8 heteroatoms. The Kier molecular flexibility index (Phi) is 5.15. The summed E-state index contributed by atoms with van der Waals surface area (Å²) in [6.07, 6.45) is 2.93. The second-order valence-electron chi connectivity index (χ2n) is 5.65. The lowest BCUT2D eigenvalue weighted by Gasteiger charge is -2.24. The van der Waals surface area contributed by atoms with Crippen LogP contribution in [-0.2, 0) is 10.0 Å². The first-order valence-electron chi connectivity index (χ1n) is 7.23. The van der Waals surface area contributed by atoms with E-state index in [2.05, 4.69) is 5.32 Å². The molecule has 0 aliphatic carbocycles. The summed E-state index contributed by atoms with van der Waals surface area (Å²) in [6.45, 7) is 3.02. The van der Waals surface area contributed by atoms with Gasteiger partial charge in [-0.25, -0.2) is 8.42 Å². The van der Waals surface area contributed by atoms with Crippen LogP contribution < -0.4 is 5.32 Å². The van der Waals surface area contributed by atoms with E-state index in [1.54, 1.807) is 12.1 Å². The number of rotatable bonds is 6. The fraction of sp³-hybridized carbons (Fsp3) is 0.571. The molecule has 2 rings (SSSR count). The third-order valence-corrected chi connectivity index (χ3v) is 5.32. The highest BCUT2D eigenvalue weighted by atomic mass is 32.2. The van der Waals surface area contributed by atoms with E-state index >= 15 is 0 Å². The van der Waals surface area contributed by atoms with Crippen molar-refractivity contribution in [2.75, 3.05) is 19.3 Å². The summed E-state index contributed by atoms with van der Waals surface area (Å²) in [4.78, 5) is 10.4. The van der Waals surface area contributed by atoms with E-state index in [9.17, 15) is 18.5 Å². The van der Waals surface area contributed by atoms with Crippen LogP contribution in [0.1, 0.15) is 31.4 Å². The molecule has 1 aromatic carbocycles. The summed E-state index contributed by atoms with van der Waals surface area (Å²) in [5, 5.41) is 14.1. The van der Waals surface area contributed by atoms with Gasteiger partial charge in [-0.05, 0) is 25.3 Å². The van der Waals surface area contributed by atoms with Crippen molar-refractivity contribution in [1.82, 2.24) is 9.62 Å². The summed E-state index contributed by atoms with van der Waals surface area (Å²) in [5.74, 6) is 0. The van der Waals surface area contributed by atoms with Gasteiger partial charge in [0.25, 0.3) is 5.69 Å². The van der Waals surface area contributed by atoms with E-state index in [4.69, 9.17) is 0 Å². The fourth-order valence-electron chi connectivity index (χ4n) is 2.79. The van der Waals surface area contributed by atoms with Gasteiger partial charge in [0.2, 0.25) is 10.0 Å². The lowest BCUT2D eigenvalue weighted by molar-refractivity contribution is -0.384. The molecule has 0 bridgehead atoms. The first-order chi connectivity index (χ1) is 10.3. The molecule has 0 radical (unpaired) electrons. The zero-order chi connectivity index (χ0) is 16.3. The first kappa shape index (κ1) is 16.9. The van der Waals surface area contributed by atoms with Gasteiger partial charge in [0.15, 0.2) is 0 Å². The van der Waals surface area contributed by atoms with Crippen molar-refractivity contribution in [2.24, 2.45) is 0 Å². The van der Waals surface area contributed by atoms with E-state index < -0.39 is 14.9 Å². The molecule has 2 atom stereocenters. The van der Waals surface area contributed by atoms with Crippen molar-refractivity contribution in [1.29, 1.82) is 0 Å². The van der Waals surface area contributed by atoms with Gasteiger partial charge in [-0.15, -0.1) is 0 Å². The molecule has 0 amide bonds. The second-order valence-corrected chi connectivity index (χ2v) is 7.59. The Morgan fingerprint density at radius 3 is 2.86 bits per heavy atom. The highest BCUT2D eigenvalue weighted by Crippen LogP contribution is 2.22. The maximum atomic E-state index is 11.7. The number of non-ortho nitro benzene ring substituents is 1. The number of nitro groups is 1. The second kappa shape index (κ2) is 6.72. The topological polar surface area (TPSA) is 92.6 Å². The Labute approximate surface area is 130 Å². The molecule has 1 fully saturated rings. The normalized spacial score (nSPS) is 20.9. The number of hydrogen-bond acceptors (Lipinski definition) is 5. The Morgan fingerprint density at radius 1 is 1.50 bits per heavy atom. The standard InChI is InChI=1S/C14H21N3O4S/c1-11(12-5-3-6-13(9-12)17(18)19)15-10-14-7-4-8-16(14)22(2,20)21/h3,5-6,9,11,14-15H,4,7-8,10H2,1-2H3/t11-,14-/m1/s1. The summed E-state index contributed by atoms with van der Waals surface area (Å²) >= 11 is 0. The Bertz CT molecular complexity index is 647. The summed E-state index contributed by atoms with van der Waals surface area (Å²) in [5.41, 5.74) is 0.878. The molecule has 0 saturated carbocycles. The number of nitrogens with one attached hydrogen (secondary N) is 1. The van der Waals surface area contributed by atoms with Crippen molar-refractivity contribution in [3.05, 3.63) is 39.9 Å². The van der Waals surface area contributed by atoms with Crippen LogP contribution in [0.2, 0.25) is 0 Å². The number of hydrogen-bond donors (Lipinski definition) is 1. The van der Waals surface area contributed by atoms with Gasteiger partial charge in [-0.3, -0.25) is 10.1 Å². The van der Waals surface area contributed by atoms with Gasteiger partial charge in [0, 0.05) is 37.3 Å². The van der Waals surface area contributed by atoms with Gasteiger partial charge in [0.1, 0.15) is 0 Å². The molecule has 1 heterocycles. The molecule has 0 unspecified atom stereocenters. The molecular formula is C14H21N3O4S. The van der Waals surface area contributed by atoms with Crippen molar-refractivity contribution >= 4 is 15.7 Å². The van der Waals surface area contributed by atoms with E-state index in [-0.39, 0.29) is 17.8 Å². The molecule has 22 heavy (non-hydrogen) atoms. The van der Waals surface area contributed by atoms with Crippen molar-refractivity contribution in [3.8, 4) is 0 Å². The first-order valence-corrected chi connectivity index (χ1v) is 9.08.